The van der Waals surface area contributed by atoms with Crippen molar-refractivity contribution >= 4 is 17.7 Å². The molecule has 6 nitrogen and oxygen atoms in total. The number of carboxylic acids is 1. The van der Waals surface area contributed by atoms with E-state index in [9.17, 15) is 14.0 Å². The maximum atomic E-state index is 13.3. The molecule has 2 rings (SSSR count). The summed E-state index contributed by atoms with van der Waals surface area (Å²) >= 11 is 0. The maximum absolute atomic E-state index is 13.3. The number of carbonyl (C=O) groups excluding carboxylic acids is 1. The standard InChI is InChI=1S/C14H13FN2O4/c1-8-2-3-9(6-11(8)15)17-14(20)16-7-10-4-5-12(21-10)13(18)19/h2-6H,7H2,1H3,(H,18,19)(H2,16,17,20). The van der Waals surface area contributed by atoms with Crippen LogP contribution in [0, 0.1) is 12.7 Å². The van der Waals surface area contributed by atoms with Gasteiger partial charge in [0, 0.05) is 5.69 Å². The highest BCUT2D eigenvalue weighted by molar-refractivity contribution is 5.89. The number of furan rings is 1. The molecule has 0 bridgehead atoms. The Kier molecular flexibility index (Phi) is 4.22. The van der Waals surface area contributed by atoms with Gasteiger partial charge in [-0.05, 0) is 36.8 Å². The van der Waals surface area contributed by atoms with Crippen LogP contribution in [0.1, 0.15) is 21.9 Å². The van der Waals surface area contributed by atoms with Gasteiger partial charge in [-0.1, -0.05) is 6.07 Å². The van der Waals surface area contributed by atoms with Crippen LogP contribution in [0.5, 0.6) is 0 Å². The Labute approximate surface area is 119 Å². The van der Waals surface area contributed by atoms with E-state index >= 15 is 0 Å². The first kappa shape index (κ1) is 14.6. The monoisotopic (exact) mass is 292 g/mol. The van der Waals surface area contributed by atoms with Crippen LogP contribution in [0.25, 0.3) is 0 Å². The van der Waals surface area contributed by atoms with Gasteiger partial charge in [0.2, 0.25) is 5.76 Å². The number of carbonyl (C=O) groups is 2. The van der Waals surface area contributed by atoms with Gasteiger partial charge in [-0.2, -0.15) is 0 Å². The van der Waals surface area contributed by atoms with Crippen molar-refractivity contribution in [1.29, 1.82) is 0 Å². The van der Waals surface area contributed by atoms with Crippen LogP contribution in [-0.2, 0) is 6.54 Å². The largest absolute Gasteiger partial charge is 0.475 e. The molecule has 0 saturated carbocycles. The first-order chi connectivity index (χ1) is 9.95. The average Bonchev–Trinajstić information content (AvgIpc) is 2.90. The first-order valence-electron chi connectivity index (χ1n) is 6.08. The number of hydrogen-bond acceptors (Lipinski definition) is 3. The topological polar surface area (TPSA) is 91.6 Å². The highest BCUT2D eigenvalue weighted by atomic mass is 19.1. The van der Waals surface area contributed by atoms with E-state index in [0.717, 1.165) is 0 Å². The number of rotatable bonds is 4. The number of hydrogen-bond donors (Lipinski definition) is 3. The predicted octanol–water partition coefficient (Wildman–Crippen LogP) is 2.75. The molecule has 0 atom stereocenters. The lowest BCUT2D eigenvalue weighted by Crippen LogP contribution is -2.28. The molecule has 0 aliphatic heterocycles. The fourth-order valence-corrected chi connectivity index (χ4v) is 1.60. The van der Waals surface area contributed by atoms with E-state index in [1.54, 1.807) is 19.1 Å². The summed E-state index contributed by atoms with van der Waals surface area (Å²) in [5, 5.41) is 13.6. The van der Waals surface area contributed by atoms with Gasteiger partial charge in [0.05, 0.1) is 6.54 Å². The fraction of sp³-hybridized carbons (Fsp3) is 0.143. The van der Waals surface area contributed by atoms with Gasteiger partial charge in [0.15, 0.2) is 0 Å². The number of nitrogens with one attached hydrogen (secondary N) is 2. The molecule has 21 heavy (non-hydrogen) atoms. The van der Waals surface area contributed by atoms with Crippen molar-refractivity contribution in [3.8, 4) is 0 Å². The molecule has 0 aliphatic carbocycles. The molecule has 0 spiro atoms. The van der Waals surface area contributed by atoms with Crippen LogP contribution in [0.15, 0.2) is 34.7 Å². The molecule has 3 N–H and O–H groups in total. The minimum atomic E-state index is -1.18. The summed E-state index contributed by atoms with van der Waals surface area (Å²) in [6, 6.07) is 6.54. The Hall–Kier alpha value is -2.83. The molecular weight excluding hydrogens is 279 g/mol. The molecule has 7 heteroatoms. The third-order valence-electron chi connectivity index (χ3n) is 2.73. The lowest BCUT2D eigenvalue weighted by atomic mass is 10.2. The Bertz CT molecular complexity index is 681. The number of aromatic carboxylic acids is 1. The van der Waals surface area contributed by atoms with Gasteiger partial charge >= 0.3 is 12.0 Å². The SMILES string of the molecule is Cc1ccc(NC(=O)NCc2ccc(C(=O)O)o2)cc1F. The van der Waals surface area contributed by atoms with Gasteiger partial charge in [0.25, 0.3) is 0 Å². The van der Waals surface area contributed by atoms with Crippen molar-refractivity contribution in [2.45, 2.75) is 13.5 Å². The fourth-order valence-electron chi connectivity index (χ4n) is 1.60. The molecule has 1 heterocycles. The summed E-state index contributed by atoms with van der Waals surface area (Å²) in [5.74, 6) is -1.49. The van der Waals surface area contributed by atoms with E-state index in [2.05, 4.69) is 10.6 Å². The number of aryl methyl sites for hydroxylation is 1. The number of amides is 2. The smallest absolute Gasteiger partial charge is 0.371 e. The van der Waals surface area contributed by atoms with Crippen molar-refractivity contribution in [3.05, 3.63) is 53.2 Å². The molecule has 1 aromatic heterocycles. The summed E-state index contributed by atoms with van der Waals surface area (Å²) in [5.41, 5.74) is 0.805. The Morgan fingerprint density at radius 3 is 2.67 bits per heavy atom. The zero-order valence-corrected chi connectivity index (χ0v) is 11.1. The number of benzene rings is 1. The molecule has 110 valence electrons. The number of anilines is 1. The van der Waals surface area contributed by atoms with E-state index in [0.29, 0.717) is 17.0 Å². The van der Waals surface area contributed by atoms with Crippen LogP contribution in [-0.4, -0.2) is 17.1 Å². The number of urea groups is 1. The van der Waals surface area contributed by atoms with Crippen molar-refractivity contribution in [2.75, 3.05) is 5.32 Å². The van der Waals surface area contributed by atoms with Crippen molar-refractivity contribution in [2.24, 2.45) is 0 Å². The second-order valence-corrected chi connectivity index (χ2v) is 4.34. The van der Waals surface area contributed by atoms with Crippen LogP contribution in [0.3, 0.4) is 0 Å². The van der Waals surface area contributed by atoms with Crippen molar-refractivity contribution in [3.63, 3.8) is 0 Å². The first-order valence-corrected chi connectivity index (χ1v) is 6.08. The van der Waals surface area contributed by atoms with Crippen LogP contribution >= 0.6 is 0 Å². The van der Waals surface area contributed by atoms with E-state index in [-0.39, 0.29) is 12.3 Å². The minimum absolute atomic E-state index is 0.0213. The molecule has 2 amide bonds. The summed E-state index contributed by atoms with van der Waals surface area (Å²) < 4.78 is 18.3. The lowest BCUT2D eigenvalue weighted by molar-refractivity contribution is 0.0660. The number of carboxylic acid groups (broad SMARTS) is 1. The maximum Gasteiger partial charge on any atom is 0.371 e. The van der Waals surface area contributed by atoms with Crippen molar-refractivity contribution < 1.29 is 23.5 Å². The van der Waals surface area contributed by atoms with Gasteiger partial charge in [-0.15, -0.1) is 0 Å². The van der Waals surface area contributed by atoms with Crippen LogP contribution in [0.4, 0.5) is 14.9 Å². The van der Waals surface area contributed by atoms with Crippen LogP contribution in [0.2, 0.25) is 0 Å². The molecule has 0 aliphatic rings. The molecule has 2 aromatic rings. The highest BCUT2D eigenvalue weighted by Gasteiger charge is 2.10. The molecular formula is C14H13FN2O4. The van der Waals surface area contributed by atoms with E-state index in [4.69, 9.17) is 9.52 Å². The van der Waals surface area contributed by atoms with Crippen LogP contribution < -0.4 is 10.6 Å². The quantitative estimate of drug-likeness (QED) is 0.808. The average molecular weight is 292 g/mol. The van der Waals surface area contributed by atoms with Crippen molar-refractivity contribution in [1.82, 2.24) is 5.32 Å². The second-order valence-electron chi connectivity index (χ2n) is 4.34. The zero-order valence-electron chi connectivity index (χ0n) is 11.1. The molecule has 0 unspecified atom stereocenters. The van der Waals surface area contributed by atoms with E-state index in [1.165, 1.54) is 18.2 Å². The Morgan fingerprint density at radius 2 is 2.05 bits per heavy atom. The third kappa shape index (κ3) is 3.82. The lowest BCUT2D eigenvalue weighted by Gasteiger charge is -2.07. The molecule has 0 radical (unpaired) electrons. The molecule has 1 aromatic carbocycles. The summed E-state index contributed by atoms with van der Waals surface area (Å²) in [6.45, 7) is 1.64. The van der Waals surface area contributed by atoms with Gasteiger partial charge in [0.1, 0.15) is 11.6 Å². The normalized spacial score (nSPS) is 10.2. The van der Waals surface area contributed by atoms with E-state index in [1.807, 2.05) is 0 Å². The Balaban J connectivity index is 1.89. The minimum Gasteiger partial charge on any atom is -0.475 e. The third-order valence-corrected chi connectivity index (χ3v) is 2.73. The predicted molar refractivity (Wildman–Crippen MR) is 72.7 cm³/mol. The summed E-state index contributed by atoms with van der Waals surface area (Å²) in [4.78, 5) is 22.2. The van der Waals surface area contributed by atoms with E-state index < -0.39 is 17.8 Å². The Morgan fingerprint density at radius 1 is 1.29 bits per heavy atom. The zero-order chi connectivity index (χ0) is 15.4. The summed E-state index contributed by atoms with van der Waals surface area (Å²) in [6.07, 6.45) is 0. The summed E-state index contributed by atoms with van der Waals surface area (Å²) in [7, 11) is 0. The van der Waals surface area contributed by atoms with Gasteiger partial charge in [-0.3, -0.25) is 0 Å². The van der Waals surface area contributed by atoms with Gasteiger partial charge in [-0.25, -0.2) is 14.0 Å². The molecule has 0 saturated heterocycles. The highest BCUT2D eigenvalue weighted by Crippen LogP contribution is 2.13. The second kappa shape index (κ2) is 6.08. The van der Waals surface area contributed by atoms with Gasteiger partial charge < -0.3 is 20.2 Å². The number of halogens is 1. The molecule has 0 fully saturated rings.